The first-order valence-electron chi connectivity index (χ1n) is 4.65. The monoisotopic (exact) mass is 284 g/mol. The van der Waals surface area contributed by atoms with E-state index in [9.17, 15) is 0 Å². The van der Waals surface area contributed by atoms with Crippen LogP contribution in [-0.2, 0) is 0 Å². The largest absolute Gasteiger partial charge is 0.383 e. The van der Waals surface area contributed by atoms with Gasteiger partial charge in [-0.15, -0.1) is 0 Å². The molecule has 18 heavy (non-hydrogen) atoms. The average Bonchev–Trinajstić information content (AvgIpc) is 2.30. The van der Waals surface area contributed by atoms with Crippen LogP contribution >= 0.6 is 23.4 Å². The fourth-order valence-electron chi connectivity index (χ4n) is 1.09. The van der Waals surface area contributed by atoms with Gasteiger partial charge < -0.3 is 11.5 Å². The topological polar surface area (TPSA) is 142 Å². The Morgan fingerprint density at radius 2 is 1.83 bits per heavy atom. The maximum atomic E-state index is 5.95. The second-order valence-corrected chi connectivity index (χ2v) is 4.46. The van der Waals surface area contributed by atoms with Gasteiger partial charge >= 0.3 is 0 Å². The Morgan fingerprint density at radius 3 is 2.44 bits per heavy atom. The van der Waals surface area contributed by atoms with E-state index in [1.54, 1.807) is 0 Å². The minimum absolute atomic E-state index is 0.235. The van der Waals surface area contributed by atoms with Crippen LogP contribution in [0.1, 0.15) is 0 Å². The highest BCUT2D eigenvalue weighted by Gasteiger charge is 2.10. The molecule has 0 aromatic carbocycles. The molecule has 94 valence electrons. The molecule has 0 spiro atoms. The molecule has 2 aromatic heterocycles. The third-order valence-corrected chi connectivity index (χ3v) is 3.03. The molecule has 2 rings (SSSR count). The molecule has 0 bridgehead atoms. The van der Waals surface area contributed by atoms with Gasteiger partial charge in [0, 0.05) is 6.07 Å². The van der Waals surface area contributed by atoms with E-state index in [0.29, 0.717) is 15.2 Å². The predicted molar refractivity (Wildman–Crippen MR) is 69.8 cm³/mol. The van der Waals surface area contributed by atoms with Crippen molar-refractivity contribution in [3.63, 3.8) is 0 Å². The summed E-state index contributed by atoms with van der Waals surface area (Å²) >= 11 is 7.06. The van der Waals surface area contributed by atoms with Crippen LogP contribution in [0.15, 0.2) is 22.4 Å². The molecule has 10 heteroatoms. The van der Waals surface area contributed by atoms with Gasteiger partial charge in [-0.2, -0.15) is 0 Å². The number of nitrogens with zero attached hydrogens (tertiary/aromatic N) is 4. The summed E-state index contributed by atoms with van der Waals surface area (Å²) in [7, 11) is 0. The summed E-state index contributed by atoms with van der Waals surface area (Å²) < 4.78 is 0. The number of hydrazine groups is 1. The standard InChI is InChI=1S/C8H9ClN8S/c9-3-2-13-7(17-12)16-6(3)18-8-14-4(10)1-5(11)15-8/h1-2H,12H2,(H,13,16,17)(H4,10,11,14,15). The van der Waals surface area contributed by atoms with Gasteiger partial charge in [-0.05, 0) is 11.8 Å². The third kappa shape index (κ3) is 2.88. The molecule has 0 saturated carbocycles. The Morgan fingerprint density at radius 1 is 1.17 bits per heavy atom. The van der Waals surface area contributed by atoms with E-state index in [2.05, 4.69) is 25.4 Å². The molecule has 2 aromatic rings. The summed E-state index contributed by atoms with van der Waals surface area (Å²) in [5.41, 5.74) is 13.4. The van der Waals surface area contributed by atoms with Crippen molar-refractivity contribution in [2.45, 2.75) is 10.2 Å². The highest BCUT2D eigenvalue weighted by molar-refractivity contribution is 7.99. The zero-order valence-corrected chi connectivity index (χ0v) is 10.5. The summed E-state index contributed by atoms with van der Waals surface area (Å²) in [6.45, 7) is 0. The van der Waals surface area contributed by atoms with Gasteiger partial charge in [0.1, 0.15) is 16.7 Å². The lowest BCUT2D eigenvalue weighted by molar-refractivity contribution is 0.968. The summed E-state index contributed by atoms with van der Waals surface area (Å²) in [5, 5.41) is 1.14. The van der Waals surface area contributed by atoms with Crippen molar-refractivity contribution >= 4 is 40.9 Å². The van der Waals surface area contributed by atoms with Crippen LogP contribution in [0.4, 0.5) is 17.6 Å². The maximum absolute atomic E-state index is 5.95. The zero-order chi connectivity index (χ0) is 13.1. The third-order valence-electron chi connectivity index (χ3n) is 1.77. The fraction of sp³-hybridized carbons (Fsp3) is 0. The number of hydrogen-bond donors (Lipinski definition) is 4. The molecule has 2 heterocycles. The highest BCUT2D eigenvalue weighted by Crippen LogP contribution is 2.30. The molecule has 0 aliphatic heterocycles. The maximum Gasteiger partial charge on any atom is 0.238 e. The molecule has 0 fully saturated rings. The number of hydrogen-bond acceptors (Lipinski definition) is 9. The lowest BCUT2D eigenvalue weighted by atomic mass is 10.5. The highest BCUT2D eigenvalue weighted by atomic mass is 35.5. The van der Waals surface area contributed by atoms with E-state index < -0.39 is 0 Å². The number of anilines is 3. The van der Waals surface area contributed by atoms with E-state index in [1.807, 2.05) is 0 Å². The van der Waals surface area contributed by atoms with Gasteiger partial charge in [-0.1, -0.05) is 11.6 Å². The Bertz CT molecular complexity index is 557. The van der Waals surface area contributed by atoms with Crippen LogP contribution in [0.3, 0.4) is 0 Å². The van der Waals surface area contributed by atoms with Gasteiger partial charge in [0.15, 0.2) is 5.16 Å². The molecule has 0 aliphatic rings. The van der Waals surface area contributed by atoms with Crippen molar-refractivity contribution in [3.8, 4) is 0 Å². The molecule has 8 nitrogen and oxygen atoms in total. The van der Waals surface area contributed by atoms with Crippen molar-refractivity contribution < 1.29 is 0 Å². The van der Waals surface area contributed by atoms with Crippen LogP contribution in [0.2, 0.25) is 5.02 Å². The van der Waals surface area contributed by atoms with Crippen LogP contribution in [-0.4, -0.2) is 19.9 Å². The summed E-state index contributed by atoms with van der Waals surface area (Å²) in [4.78, 5) is 15.9. The number of nitrogen functional groups attached to an aromatic ring is 3. The van der Waals surface area contributed by atoms with E-state index >= 15 is 0 Å². The molecular formula is C8H9ClN8S. The Kier molecular flexibility index (Phi) is 3.65. The van der Waals surface area contributed by atoms with Crippen molar-refractivity contribution in [1.29, 1.82) is 0 Å². The fourth-order valence-corrected chi connectivity index (χ4v) is 2.05. The lowest BCUT2D eigenvalue weighted by Gasteiger charge is -2.05. The predicted octanol–water partition coefficient (Wildman–Crippen LogP) is 0.521. The first-order chi connectivity index (χ1) is 8.58. The van der Waals surface area contributed by atoms with Gasteiger partial charge in [0.25, 0.3) is 0 Å². The van der Waals surface area contributed by atoms with Crippen LogP contribution in [0.5, 0.6) is 0 Å². The van der Waals surface area contributed by atoms with Gasteiger partial charge in [-0.3, -0.25) is 5.43 Å². The molecule has 0 radical (unpaired) electrons. The van der Waals surface area contributed by atoms with Gasteiger partial charge in [-0.25, -0.2) is 25.8 Å². The summed E-state index contributed by atoms with van der Waals surface area (Å²) in [6, 6.07) is 1.46. The van der Waals surface area contributed by atoms with Crippen LogP contribution in [0, 0.1) is 0 Å². The summed E-state index contributed by atoms with van der Waals surface area (Å²) in [5.74, 6) is 5.99. The zero-order valence-electron chi connectivity index (χ0n) is 8.96. The SMILES string of the molecule is NNc1ncc(Cl)c(Sc2nc(N)cc(N)n2)n1. The number of nitrogens with one attached hydrogen (secondary N) is 1. The second-order valence-electron chi connectivity index (χ2n) is 3.09. The second kappa shape index (κ2) is 5.21. The first-order valence-corrected chi connectivity index (χ1v) is 5.85. The summed E-state index contributed by atoms with van der Waals surface area (Å²) in [6.07, 6.45) is 1.42. The van der Waals surface area contributed by atoms with Gasteiger partial charge in [0.05, 0.1) is 11.2 Å². The Labute approximate surface area is 111 Å². The number of nitrogens with two attached hydrogens (primary N) is 3. The lowest BCUT2D eigenvalue weighted by Crippen LogP contribution is -2.10. The smallest absolute Gasteiger partial charge is 0.238 e. The average molecular weight is 285 g/mol. The van der Waals surface area contributed by atoms with Crippen molar-refractivity contribution in [3.05, 3.63) is 17.3 Å². The van der Waals surface area contributed by atoms with E-state index in [4.69, 9.17) is 28.9 Å². The molecule has 0 unspecified atom stereocenters. The van der Waals surface area contributed by atoms with Crippen molar-refractivity contribution in [2.24, 2.45) is 5.84 Å². The normalized spacial score (nSPS) is 10.3. The van der Waals surface area contributed by atoms with E-state index in [1.165, 1.54) is 12.3 Å². The van der Waals surface area contributed by atoms with Crippen LogP contribution in [0.25, 0.3) is 0 Å². The molecular weight excluding hydrogens is 276 g/mol. The number of aromatic nitrogens is 4. The minimum atomic E-state index is 0.235. The Hall–Kier alpha value is -1.84. The number of rotatable bonds is 3. The van der Waals surface area contributed by atoms with Crippen LogP contribution < -0.4 is 22.7 Å². The molecule has 0 aliphatic carbocycles. The van der Waals surface area contributed by atoms with E-state index in [0.717, 1.165) is 11.8 Å². The number of halogens is 1. The first kappa shape index (κ1) is 12.6. The quantitative estimate of drug-likeness (QED) is 0.274. The molecule has 0 amide bonds. The van der Waals surface area contributed by atoms with E-state index in [-0.39, 0.29) is 17.6 Å². The minimum Gasteiger partial charge on any atom is -0.383 e. The molecule has 0 atom stereocenters. The molecule has 0 saturated heterocycles. The van der Waals surface area contributed by atoms with Crippen molar-refractivity contribution in [2.75, 3.05) is 16.9 Å². The van der Waals surface area contributed by atoms with Crippen molar-refractivity contribution in [1.82, 2.24) is 19.9 Å². The molecule has 7 N–H and O–H groups in total. The Balaban J connectivity index is 2.33. The van der Waals surface area contributed by atoms with Gasteiger partial charge in [0.2, 0.25) is 5.95 Å².